The smallest absolute Gasteiger partial charge is 0.280 e. The number of benzene rings is 3. The van der Waals surface area contributed by atoms with E-state index in [1.807, 2.05) is 0 Å². The average Bonchev–Trinajstić information content (AvgIpc) is 3.44. The van der Waals surface area contributed by atoms with Gasteiger partial charge in [0, 0.05) is 42.7 Å². The quantitative estimate of drug-likeness (QED) is 0.231. The molecule has 246 valence electrons. The molecule has 0 aliphatic heterocycles. The average molecular weight is 674 g/mol. The number of furan rings is 1. The maximum absolute atomic E-state index is 14.0. The fourth-order valence-electron chi connectivity index (χ4n) is 5.45. The molecular weight excluding hydrogens is 644 g/mol. The summed E-state index contributed by atoms with van der Waals surface area (Å²) in [4.78, 5) is 36.5. The van der Waals surface area contributed by atoms with E-state index in [1.165, 1.54) is 74.3 Å². The van der Waals surface area contributed by atoms with Gasteiger partial charge < -0.3 is 14.5 Å². The third-order valence-electron chi connectivity index (χ3n) is 8.02. The van der Waals surface area contributed by atoms with E-state index in [9.17, 15) is 26.8 Å². The molecule has 0 saturated heterocycles. The van der Waals surface area contributed by atoms with Gasteiger partial charge in [-0.15, -0.1) is 0 Å². The van der Waals surface area contributed by atoms with Crippen molar-refractivity contribution >= 4 is 43.6 Å². The number of aryl methyl sites for hydroxylation is 1. The van der Waals surface area contributed by atoms with E-state index >= 15 is 0 Å². The monoisotopic (exact) mass is 673 g/mol. The van der Waals surface area contributed by atoms with Crippen molar-refractivity contribution in [2.75, 3.05) is 31.8 Å². The fourth-order valence-corrected chi connectivity index (χ4v) is 5.96. The number of hydrogen-bond donors (Lipinski definition) is 1. The van der Waals surface area contributed by atoms with Gasteiger partial charge in [0.15, 0.2) is 5.52 Å². The Labute approximate surface area is 273 Å². The highest BCUT2D eigenvalue weighted by Gasteiger charge is 2.27. The van der Waals surface area contributed by atoms with Crippen LogP contribution in [0.25, 0.3) is 44.6 Å². The standard InChI is InChI=1S/C34H29F2N5O6S/c1-18-38-30-28(46-4)15-25(39-31(30)34(43)41(18)17-19-6-10-21(35)11-7-19)23-14-24-27(16-26(23)40(3)48(5,44)45)47-32(29(24)33(42)37-2)20-8-12-22(36)13-9-20/h6-16H,17H2,1-5H3,(H,37,42). The zero-order valence-corrected chi connectivity index (χ0v) is 27.3. The molecule has 0 unspecified atom stereocenters. The van der Waals surface area contributed by atoms with Crippen LogP contribution in [0.4, 0.5) is 14.5 Å². The molecule has 0 fully saturated rings. The lowest BCUT2D eigenvalue weighted by atomic mass is 10.0. The Morgan fingerprint density at radius 2 is 1.65 bits per heavy atom. The first kappa shape index (κ1) is 32.3. The third kappa shape index (κ3) is 5.74. The molecule has 0 radical (unpaired) electrons. The summed E-state index contributed by atoms with van der Waals surface area (Å²) in [5, 5.41) is 2.91. The van der Waals surface area contributed by atoms with Gasteiger partial charge in [-0.25, -0.2) is 27.2 Å². The van der Waals surface area contributed by atoms with Crippen LogP contribution in [-0.2, 0) is 16.6 Å². The van der Waals surface area contributed by atoms with E-state index in [0.29, 0.717) is 22.3 Å². The highest BCUT2D eigenvalue weighted by molar-refractivity contribution is 7.92. The van der Waals surface area contributed by atoms with Crippen LogP contribution in [0.3, 0.4) is 0 Å². The molecule has 0 saturated carbocycles. The second-order valence-electron chi connectivity index (χ2n) is 11.1. The van der Waals surface area contributed by atoms with Crippen molar-refractivity contribution in [1.29, 1.82) is 0 Å². The first-order chi connectivity index (χ1) is 22.8. The molecule has 6 rings (SSSR count). The van der Waals surface area contributed by atoms with Crippen LogP contribution < -0.4 is 19.9 Å². The third-order valence-corrected chi connectivity index (χ3v) is 9.21. The highest BCUT2D eigenvalue weighted by atomic mass is 32.2. The molecule has 0 atom stereocenters. The highest BCUT2D eigenvalue weighted by Crippen LogP contribution is 2.42. The van der Waals surface area contributed by atoms with E-state index in [1.54, 1.807) is 25.1 Å². The minimum absolute atomic E-state index is 0.0594. The van der Waals surface area contributed by atoms with Crippen LogP contribution in [0, 0.1) is 18.6 Å². The molecule has 0 aliphatic carbocycles. The molecule has 1 amide bonds. The van der Waals surface area contributed by atoms with Gasteiger partial charge in [-0.3, -0.25) is 18.5 Å². The Kier molecular flexibility index (Phi) is 8.21. The summed E-state index contributed by atoms with van der Waals surface area (Å²) in [6.45, 7) is 1.75. The molecular formula is C34H29F2N5O6S. The molecule has 48 heavy (non-hydrogen) atoms. The fraction of sp³-hybridized carbons (Fsp3) is 0.176. The van der Waals surface area contributed by atoms with Gasteiger partial charge in [0.1, 0.15) is 40.1 Å². The van der Waals surface area contributed by atoms with Crippen LogP contribution in [0.2, 0.25) is 0 Å². The topological polar surface area (TPSA) is 137 Å². The molecule has 0 bridgehead atoms. The van der Waals surface area contributed by atoms with Crippen molar-refractivity contribution < 1.29 is 31.1 Å². The number of amides is 1. The number of carbonyl (C=O) groups is 1. The Balaban J connectivity index is 1.65. The second kappa shape index (κ2) is 12.2. The van der Waals surface area contributed by atoms with Gasteiger partial charge in [-0.05, 0) is 55.0 Å². The van der Waals surface area contributed by atoms with Crippen LogP contribution in [0.5, 0.6) is 5.75 Å². The van der Waals surface area contributed by atoms with E-state index in [0.717, 1.165) is 10.6 Å². The van der Waals surface area contributed by atoms with Crippen molar-refractivity contribution in [1.82, 2.24) is 19.9 Å². The molecule has 0 spiro atoms. The predicted molar refractivity (Wildman–Crippen MR) is 178 cm³/mol. The first-order valence-corrected chi connectivity index (χ1v) is 16.4. The number of methoxy groups -OCH3 is 1. The summed E-state index contributed by atoms with van der Waals surface area (Å²) < 4.78 is 67.2. The number of ether oxygens (including phenoxy) is 1. The number of halogens is 2. The van der Waals surface area contributed by atoms with Crippen molar-refractivity contribution in [3.63, 3.8) is 0 Å². The summed E-state index contributed by atoms with van der Waals surface area (Å²) in [5.41, 5.74) is 1.51. The van der Waals surface area contributed by atoms with Crippen molar-refractivity contribution in [2.24, 2.45) is 0 Å². The van der Waals surface area contributed by atoms with E-state index in [2.05, 4.69) is 15.3 Å². The maximum atomic E-state index is 14.0. The molecule has 6 aromatic rings. The Bertz CT molecular complexity index is 2410. The molecule has 1 N–H and O–H groups in total. The molecule has 3 aromatic carbocycles. The number of anilines is 1. The lowest BCUT2D eigenvalue weighted by Crippen LogP contribution is -2.26. The summed E-state index contributed by atoms with van der Waals surface area (Å²) in [6.07, 6.45) is 1.03. The molecule has 0 aliphatic rings. The van der Waals surface area contributed by atoms with Gasteiger partial charge in [-0.2, -0.15) is 0 Å². The number of nitrogens with one attached hydrogen (secondary N) is 1. The summed E-state index contributed by atoms with van der Waals surface area (Å²) >= 11 is 0. The number of nitrogens with zero attached hydrogens (tertiary/aromatic N) is 4. The zero-order valence-electron chi connectivity index (χ0n) is 26.5. The minimum Gasteiger partial charge on any atom is -0.494 e. The predicted octanol–water partition coefficient (Wildman–Crippen LogP) is 5.27. The van der Waals surface area contributed by atoms with Crippen LogP contribution >= 0.6 is 0 Å². The molecule has 3 heterocycles. The Morgan fingerprint density at radius 3 is 2.25 bits per heavy atom. The van der Waals surface area contributed by atoms with Gasteiger partial charge in [0.25, 0.3) is 11.5 Å². The zero-order chi connectivity index (χ0) is 34.5. The Morgan fingerprint density at radius 1 is 1.00 bits per heavy atom. The van der Waals surface area contributed by atoms with Crippen LogP contribution in [-0.4, -0.2) is 56.3 Å². The summed E-state index contributed by atoms with van der Waals surface area (Å²) in [6, 6.07) is 15.7. The number of aromatic nitrogens is 3. The normalized spacial score (nSPS) is 11.6. The van der Waals surface area contributed by atoms with Crippen molar-refractivity contribution in [3.05, 3.63) is 106 Å². The van der Waals surface area contributed by atoms with E-state index in [4.69, 9.17) is 9.15 Å². The van der Waals surface area contributed by atoms with Gasteiger partial charge in [-0.1, -0.05) is 12.1 Å². The van der Waals surface area contributed by atoms with E-state index < -0.39 is 33.1 Å². The molecule has 3 aromatic heterocycles. The van der Waals surface area contributed by atoms with Gasteiger partial charge >= 0.3 is 0 Å². The second-order valence-corrected chi connectivity index (χ2v) is 13.1. The lowest BCUT2D eigenvalue weighted by molar-refractivity contribution is 0.0964. The van der Waals surface area contributed by atoms with Gasteiger partial charge in [0.2, 0.25) is 10.0 Å². The number of pyridine rings is 1. The summed E-state index contributed by atoms with van der Waals surface area (Å²) in [7, 11) is 0.356. The van der Waals surface area contributed by atoms with Crippen molar-refractivity contribution in [3.8, 4) is 28.3 Å². The lowest BCUT2D eigenvalue weighted by Gasteiger charge is -2.21. The largest absolute Gasteiger partial charge is 0.494 e. The van der Waals surface area contributed by atoms with Gasteiger partial charge in [0.05, 0.1) is 36.9 Å². The van der Waals surface area contributed by atoms with Crippen LogP contribution in [0.1, 0.15) is 21.7 Å². The number of sulfonamides is 1. The SMILES string of the molecule is CNC(=O)c1c(-c2ccc(F)cc2)oc2cc(N(C)S(C)(=O)=O)c(-c3cc(OC)c4nc(C)n(Cc5ccc(F)cc5)c(=O)c4n3)cc12. The maximum Gasteiger partial charge on any atom is 0.280 e. The number of rotatable bonds is 8. The Hall–Kier alpha value is -5.63. The number of carbonyl (C=O) groups excluding carboxylic acids is 1. The summed E-state index contributed by atoms with van der Waals surface area (Å²) in [5.74, 6) is -0.691. The van der Waals surface area contributed by atoms with Crippen molar-refractivity contribution in [2.45, 2.75) is 13.5 Å². The molecule has 14 heteroatoms. The van der Waals surface area contributed by atoms with E-state index in [-0.39, 0.29) is 57.2 Å². The number of hydrogen-bond acceptors (Lipinski definition) is 8. The first-order valence-electron chi connectivity index (χ1n) is 14.5. The number of fused-ring (bicyclic) bond motifs is 2. The van der Waals surface area contributed by atoms with Crippen LogP contribution in [0.15, 0.2) is 75.9 Å². The minimum atomic E-state index is -3.85. The molecule has 11 nitrogen and oxygen atoms in total.